The third-order valence-corrected chi connectivity index (χ3v) is 3.82. The largest absolute Gasteiger partial charge is 0.489 e. The molecule has 2 amide bonds. The van der Waals surface area contributed by atoms with E-state index in [1.54, 1.807) is 18.2 Å². The maximum atomic E-state index is 12.5. The highest BCUT2D eigenvalue weighted by atomic mass is 16.5. The van der Waals surface area contributed by atoms with Gasteiger partial charge in [0.15, 0.2) is 0 Å². The smallest absolute Gasteiger partial charge is 0.316 e. The Morgan fingerprint density at radius 2 is 1.79 bits per heavy atom. The van der Waals surface area contributed by atoms with Crippen molar-refractivity contribution in [2.45, 2.75) is 26.4 Å². The molecule has 0 saturated carbocycles. The summed E-state index contributed by atoms with van der Waals surface area (Å²) in [5.74, 6) is -0.665. The first-order valence-electron chi connectivity index (χ1n) is 8.02. The van der Waals surface area contributed by atoms with Crippen molar-refractivity contribution in [2.75, 3.05) is 16.8 Å². The van der Waals surface area contributed by atoms with Gasteiger partial charge in [-0.15, -0.1) is 0 Å². The van der Waals surface area contributed by atoms with Crippen LogP contribution in [0.5, 0.6) is 5.75 Å². The normalized spacial score (nSPS) is 12.9. The van der Waals surface area contributed by atoms with Gasteiger partial charge < -0.3 is 15.0 Å². The number of nitrogens with zero attached hydrogens (tertiary/aromatic N) is 1. The zero-order valence-corrected chi connectivity index (χ0v) is 13.8. The molecule has 0 spiro atoms. The Morgan fingerprint density at radius 1 is 1.08 bits per heavy atom. The molecule has 0 atom stereocenters. The zero-order chi connectivity index (χ0) is 17.1. The first kappa shape index (κ1) is 16.1. The second kappa shape index (κ2) is 6.74. The van der Waals surface area contributed by atoms with E-state index < -0.39 is 11.8 Å². The van der Waals surface area contributed by atoms with Crippen LogP contribution >= 0.6 is 0 Å². The van der Waals surface area contributed by atoms with Crippen LogP contribution in [-0.4, -0.2) is 24.5 Å². The monoisotopic (exact) mass is 324 g/mol. The van der Waals surface area contributed by atoms with Gasteiger partial charge in [-0.3, -0.25) is 9.59 Å². The van der Waals surface area contributed by atoms with Crippen LogP contribution < -0.4 is 15.0 Å². The van der Waals surface area contributed by atoms with Gasteiger partial charge in [-0.25, -0.2) is 0 Å². The van der Waals surface area contributed by atoms with E-state index >= 15 is 0 Å². The summed E-state index contributed by atoms with van der Waals surface area (Å²) in [6.07, 6.45) is 0.742. The predicted octanol–water partition coefficient (Wildman–Crippen LogP) is 3.00. The molecule has 0 bridgehead atoms. The van der Waals surface area contributed by atoms with E-state index in [2.05, 4.69) is 5.32 Å². The summed E-state index contributed by atoms with van der Waals surface area (Å²) in [5.41, 5.74) is 2.39. The van der Waals surface area contributed by atoms with E-state index in [0.717, 1.165) is 17.7 Å². The Kier molecular flexibility index (Phi) is 4.51. The van der Waals surface area contributed by atoms with E-state index in [0.29, 0.717) is 18.0 Å². The van der Waals surface area contributed by atoms with Gasteiger partial charge in [0.25, 0.3) is 0 Å². The number of carbonyl (C=O) groups is 2. The fourth-order valence-electron chi connectivity index (χ4n) is 2.77. The van der Waals surface area contributed by atoms with Gasteiger partial charge in [0.1, 0.15) is 5.75 Å². The molecular formula is C19H20N2O3. The van der Waals surface area contributed by atoms with Gasteiger partial charge in [-0.05, 0) is 44.0 Å². The zero-order valence-electron chi connectivity index (χ0n) is 13.8. The van der Waals surface area contributed by atoms with Crippen molar-refractivity contribution in [2.24, 2.45) is 0 Å². The van der Waals surface area contributed by atoms with Gasteiger partial charge in [-0.1, -0.05) is 30.3 Å². The van der Waals surface area contributed by atoms with Gasteiger partial charge >= 0.3 is 11.8 Å². The van der Waals surface area contributed by atoms with Crippen LogP contribution in [0.1, 0.15) is 19.4 Å². The first-order chi connectivity index (χ1) is 11.6. The minimum atomic E-state index is -0.661. The van der Waals surface area contributed by atoms with E-state index in [1.807, 2.05) is 44.2 Å². The molecule has 2 aromatic rings. The minimum absolute atomic E-state index is 0.0239. The number of nitrogens with one attached hydrogen (secondary N) is 1. The van der Waals surface area contributed by atoms with E-state index in [4.69, 9.17) is 4.74 Å². The molecular weight excluding hydrogens is 304 g/mol. The fourth-order valence-corrected chi connectivity index (χ4v) is 2.77. The average Bonchev–Trinajstić information content (AvgIpc) is 2.99. The molecule has 1 N–H and O–H groups in total. The lowest BCUT2D eigenvalue weighted by Gasteiger charge is -2.18. The Balaban J connectivity index is 1.76. The summed E-state index contributed by atoms with van der Waals surface area (Å²) in [7, 11) is 0. The molecule has 1 aliphatic heterocycles. The lowest BCUT2D eigenvalue weighted by molar-refractivity contribution is -0.134. The molecule has 1 heterocycles. The summed E-state index contributed by atoms with van der Waals surface area (Å²) < 4.78 is 5.67. The highest BCUT2D eigenvalue weighted by molar-refractivity contribution is 6.44. The predicted molar refractivity (Wildman–Crippen MR) is 93.3 cm³/mol. The lowest BCUT2D eigenvalue weighted by Crippen LogP contribution is -2.38. The van der Waals surface area contributed by atoms with Gasteiger partial charge in [0.2, 0.25) is 0 Å². The molecule has 0 aromatic heterocycles. The first-order valence-corrected chi connectivity index (χ1v) is 8.02. The Labute approximate surface area is 141 Å². The van der Waals surface area contributed by atoms with Crippen molar-refractivity contribution < 1.29 is 14.3 Å². The number of anilines is 2. The molecule has 24 heavy (non-hydrogen) atoms. The lowest BCUT2D eigenvalue weighted by atomic mass is 10.2. The molecule has 0 fully saturated rings. The van der Waals surface area contributed by atoms with Crippen molar-refractivity contribution >= 4 is 23.2 Å². The van der Waals surface area contributed by atoms with Crippen LogP contribution in [0.4, 0.5) is 11.4 Å². The van der Waals surface area contributed by atoms with Crippen molar-refractivity contribution in [3.8, 4) is 5.75 Å². The highest BCUT2D eigenvalue weighted by Gasteiger charge is 2.29. The molecule has 5 heteroatoms. The van der Waals surface area contributed by atoms with Crippen LogP contribution in [0.15, 0.2) is 48.5 Å². The van der Waals surface area contributed by atoms with Crippen molar-refractivity contribution in [1.29, 1.82) is 0 Å². The van der Waals surface area contributed by atoms with Gasteiger partial charge in [0, 0.05) is 12.2 Å². The van der Waals surface area contributed by atoms with Gasteiger partial charge in [0.05, 0.1) is 11.8 Å². The van der Waals surface area contributed by atoms with E-state index in [9.17, 15) is 9.59 Å². The number of rotatable bonds is 3. The number of ether oxygens (including phenoxy) is 1. The highest BCUT2D eigenvalue weighted by Crippen LogP contribution is 2.28. The molecule has 1 aliphatic rings. The number of hydrogen-bond acceptors (Lipinski definition) is 3. The summed E-state index contributed by atoms with van der Waals surface area (Å²) in [6, 6.07) is 14.8. The Morgan fingerprint density at radius 3 is 2.58 bits per heavy atom. The molecule has 2 aromatic carbocycles. The molecule has 3 rings (SSSR count). The SMILES string of the molecule is CC(C)Oc1ccccc1NC(=O)C(=O)N1CCc2ccccc21. The van der Waals surface area contributed by atoms with Crippen LogP contribution in [0.25, 0.3) is 0 Å². The van der Waals surface area contributed by atoms with Crippen molar-refractivity contribution in [1.82, 2.24) is 0 Å². The summed E-state index contributed by atoms with van der Waals surface area (Å²) in [4.78, 5) is 26.4. The van der Waals surface area contributed by atoms with Crippen LogP contribution in [-0.2, 0) is 16.0 Å². The quantitative estimate of drug-likeness (QED) is 0.883. The standard InChI is InChI=1S/C19H20N2O3/c1-13(2)24-17-10-6-4-8-15(17)20-18(22)19(23)21-12-11-14-7-3-5-9-16(14)21/h3-10,13H,11-12H2,1-2H3,(H,20,22). The fraction of sp³-hybridized carbons (Fsp3) is 0.263. The Hall–Kier alpha value is -2.82. The summed E-state index contributed by atoms with van der Waals surface area (Å²) >= 11 is 0. The third-order valence-electron chi connectivity index (χ3n) is 3.82. The number of para-hydroxylation sites is 3. The molecule has 0 radical (unpaired) electrons. The van der Waals surface area contributed by atoms with E-state index in [1.165, 1.54) is 4.90 Å². The van der Waals surface area contributed by atoms with Crippen LogP contribution in [0, 0.1) is 0 Å². The number of fused-ring (bicyclic) bond motifs is 1. The average molecular weight is 324 g/mol. The molecule has 124 valence electrons. The van der Waals surface area contributed by atoms with Crippen LogP contribution in [0.3, 0.4) is 0 Å². The second-order valence-electron chi connectivity index (χ2n) is 5.95. The number of carbonyl (C=O) groups excluding carboxylic acids is 2. The topological polar surface area (TPSA) is 58.6 Å². The number of benzene rings is 2. The summed E-state index contributed by atoms with van der Waals surface area (Å²) in [5, 5.41) is 2.67. The number of amides is 2. The Bertz CT molecular complexity index is 771. The third kappa shape index (κ3) is 3.25. The van der Waals surface area contributed by atoms with E-state index in [-0.39, 0.29) is 6.10 Å². The molecule has 5 nitrogen and oxygen atoms in total. The van der Waals surface area contributed by atoms with Gasteiger partial charge in [-0.2, -0.15) is 0 Å². The molecule has 0 unspecified atom stereocenters. The minimum Gasteiger partial charge on any atom is -0.489 e. The van der Waals surface area contributed by atoms with Crippen LogP contribution in [0.2, 0.25) is 0 Å². The molecule has 0 saturated heterocycles. The maximum Gasteiger partial charge on any atom is 0.316 e. The molecule has 0 aliphatic carbocycles. The van der Waals surface area contributed by atoms with Crippen molar-refractivity contribution in [3.05, 3.63) is 54.1 Å². The maximum absolute atomic E-state index is 12.5. The second-order valence-corrected chi connectivity index (χ2v) is 5.95. The number of hydrogen-bond donors (Lipinski definition) is 1. The summed E-state index contributed by atoms with van der Waals surface area (Å²) in [6.45, 7) is 4.34. The van der Waals surface area contributed by atoms with Crippen molar-refractivity contribution in [3.63, 3.8) is 0 Å².